The van der Waals surface area contributed by atoms with E-state index in [-0.39, 0.29) is 5.91 Å². The Hall–Kier alpha value is -2.80. The van der Waals surface area contributed by atoms with E-state index in [9.17, 15) is 4.79 Å². The number of nitrogens with zero attached hydrogens (tertiary/aromatic N) is 2. The highest BCUT2D eigenvalue weighted by Gasteiger charge is 2.16. The number of hydrogen-bond donors (Lipinski definition) is 1. The van der Waals surface area contributed by atoms with Crippen molar-refractivity contribution < 1.29 is 4.79 Å². The Labute approximate surface area is 118 Å². The van der Waals surface area contributed by atoms with E-state index in [2.05, 4.69) is 0 Å². The van der Waals surface area contributed by atoms with Crippen LogP contribution in [0.15, 0.2) is 48.5 Å². The van der Waals surface area contributed by atoms with Crippen LogP contribution in [-0.4, -0.2) is 12.5 Å². The zero-order valence-corrected chi connectivity index (χ0v) is 11.2. The van der Waals surface area contributed by atoms with Crippen molar-refractivity contribution in [3.05, 3.63) is 59.7 Å². The molecule has 0 radical (unpaired) electrons. The van der Waals surface area contributed by atoms with E-state index in [0.717, 1.165) is 5.69 Å². The average Bonchev–Trinajstić information content (AvgIpc) is 2.48. The molecule has 0 aliphatic heterocycles. The van der Waals surface area contributed by atoms with Gasteiger partial charge in [-0.25, -0.2) is 0 Å². The molecule has 0 heterocycles. The number of rotatable bonds is 3. The first kappa shape index (κ1) is 13.6. The second-order valence-electron chi connectivity index (χ2n) is 4.33. The minimum absolute atomic E-state index is 0.109. The Morgan fingerprint density at radius 3 is 2.50 bits per heavy atom. The van der Waals surface area contributed by atoms with Crippen molar-refractivity contribution in [3.63, 3.8) is 0 Å². The number of carbonyl (C=O) groups is 1. The molecule has 0 aliphatic rings. The average molecular weight is 265 g/mol. The van der Waals surface area contributed by atoms with Crippen molar-refractivity contribution in [2.75, 3.05) is 17.2 Å². The lowest BCUT2D eigenvalue weighted by atomic mass is 10.1. The largest absolute Gasteiger partial charge is 0.399 e. The quantitative estimate of drug-likeness (QED) is 0.867. The molecule has 4 nitrogen and oxygen atoms in total. The fraction of sp³-hybridized carbons (Fsp3) is 0.125. The van der Waals surface area contributed by atoms with Gasteiger partial charge in [0.15, 0.2) is 0 Å². The Morgan fingerprint density at radius 1 is 1.25 bits per heavy atom. The predicted octanol–water partition coefficient (Wildman–Crippen LogP) is 2.81. The van der Waals surface area contributed by atoms with Crippen LogP contribution in [0.2, 0.25) is 0 Å². The third-order valence-electron chi connectivity index (χ3n) is 3.00. The maximum atomic E-state index is 12.5. The summed E-state index contributed by atoms with van der Waals surface area (Å²) in [5.41, 5.74) is 8.22. The van der Waals surface area contributed by atoms with Gasteiger partial charge in [0.25, 0.3) is 5.91 Å². The van der Waals surface area contributed by atoms with E-state index in [0.29, 0.717) is 23.4 Å². The van der Waals surface area contributed by atoms with E-state index in [1.54, 1.807) is 41.3 Å². The highest BCUT2D eigenvalue weighted by atomic mass is 16.2. The maximum absolute atomic E-state index is 12.5. The molecule has 100 valence electrons. The van der Waals surface area contributed by atoms with Crippen LogP contribution < -0.4 is 10.6 Å². The Bertz CT molecular complexity index is 656. The van der Waals surface area contributed by atoms with E-state index in [1.165, 1.54) is 0 Å². The maximum Gasteiger partial charge on any atom is 0.258 e. The van der Waals surface area contributed by atoms with Crippen molar-refractivity contribution in [2.45, 2.75) is 6.92 Å². The molecular weight excluding hydrogens is 250 g/mol. The molecule has 0 bridgehead atoms. The summed E-state index contributed by atoms with van der Waals surface area (Å²) in [4.78, 5) is 14.1. The topological polar surface area (TPSA) is 70.1 Å². The molecule has 0 aliphatic carbocycles. The number of benzene rings is 2. The fourth-order valence-corrected chi connectivity index (χ4v) is 1.98. The summed E-state index contributed by atoms with van der Waals surface area (Å²) >= 11 is 0. The third kappa shape index (κ3) is 2.78. The van der Waals surface area contributed by atoms with E-state index < -0.39 is 0 Å². The molecule has 4 heteroatoms. The fourth-order valence-electron chi connectivity index (χ4n) is 1.98. The normalized spacial score (nSPS) is 9.80. The molecule has 0 fully saturated rings. The number of carbonyl (C=O) groups excluding carboxylic acids is 1. The highest BCUT2D eigenvalue weighted by Crippen LogP contribution is 2.20. The summed E-state index contributed by atoms with van der Waals surface area (Å²) < 4.78 is 0. The number of nitriles is 1. The summed E-state index contributed by atoms with van der Waals surface area (Å²) in [5.74, 6) is -0.109. The molecule has 0 atom stereocenters. The summed E-state index contributed by atoms with van der Waals surface area (Å²) in [6, 6.07) is 15.9. The van der Waals surface area contributed by atoms with Gasteiger partial charge in [-0.05, 0) is 49.4 Å². The van der Waals surface area contributed by atoms with Crippen LogP contribution in [0.3, 0.4) is 0 Å². The molecule has 2 N–H and O–H groups in total. The Balaban J connectivity index is 2.31. The molecule has 2 aromatic rings. The van der Waals surface area contributed by atoms with Crippen molar-refractivity contribution in [3.8, 4) is 6.07 Å². The minimum atomic E-state index is -0.109. The lowest BCUT2D eigenvalue weighted by Crippen LogP contribution is -2.30. The summed E-state index contributed by atoms with van der Waals surface area (Å²) in [5, 5.41) is 8.77. The molecule has 0 saturated carbocycles. The lowest BCUT2D eigenvalue weighted by Gasteiger charge is -2.21. The standard InChI is InChI=1S/C16H15N3O/c1-2-19(15-5-3-4-14(18)10-15)16(20)13-8-6-12(11-17)7-9-13/h3-10H,2,18H2,1H3. The zero-order valence-electron chi connectivity index (χ0n) is 11.2. The van der Waals surface area contributed by atoms with Crippen molar-refractivity contribution >= 4 is 17.3 Å². The smallest absolute Gasteiger partial charge is 0.258 e. The Kier molecular flexibility index (Phi) is 4.02. The van der Waals surface area contributed by atoms with Gasteiger partial charge in [0.2, 0.25) is 0 Å². The number of hydrogen-bond acceptors (Lipinski definition) is 3. The molecule has 2 rings (SSSR count). The summed E-state index contributed by atoms with van der Waals surface area (Å²) in [6.45, 7) is 2.45. The first-order valence-corrected chi connectivity index (χ1v) is 6.33. The van der Waals surface area contributed by atoms with Crippen molar-refractivity contribution in [2.24, 2.45) is 0 Å². The molecule has 2 aromatic carbocycles. The number of nitrogen functional groups attached to an aromatic ring is 1. The highest BCUT2D eigenvalue weighted by molar-refractivity contribution is 6.06. The van der Waals surface area contributed by atoms with Crippen LogP contribution in [0.25, 0.3) is 0 Å². The van der Waals surface area contributed by atoms with Crippen LogP contribution in [0.4, 0.5) is 11.4 Å². The first-order chi connectivity index (χ1) is 9.65. The lowest BCUT2D eigenvalue weighted by molar-refractivity contribution is 0.0988. The van der Waals surface area contributed by atoms with Crippen LogP contribution in [0.1, 0.15) is 22.8 Å². The predicted molar refractivity (Wildman–Crippen MR) is 79.4 cm³/mol. The van der Waals surface area contributed by atoms with Gasteiger partial charge in [-0.3, -0.25) is 4.79 Å². The van der Waals surface area contributed by atoms with Gasteiger partial charge in [0, 0.05) is 23.5 Å². The van der Waals surface area contributed by atoms with E-state index in [4.69, 9.17) is 11.0 Å². The van der Waals surface area contributed by atoms with Gasteiger partial charge in [-0.2, -0.15) is 5.26 Å². The van der Waals surface area contributed by atoms with Crippen molar-refractivity contribution in [1.29, 1.82) is 5.26 Å². The minimum Gasteiger partial charge on any atom is -0.399 e. The van der Waals surface area contributed by atoms with Gasteiger partial charge in [0.1, 0.15) is 0 Å². The van der Waals surface area contributed by atoms with E-state index >= 15 is 0 Å². The van der Waals surface area contributed by atoms with Gasteiger partial charge in [0.05, 0.1) is 11.6 Å². The molecule has 1 amide bonds. The van der Waals surface area contributed by atoms with Gasteiger partial charge >= 0.3 is 0 Å². The molecule has 0 saturated heterocycles. The number of anilines is 2. The number of nitrogens with two attached hydrogens (primary N) is 1. The first-order valence-electron chi connectivity index (χ1n) is 6.33. The van der Waals surface area contributed by atoms with Crippen molar-refractivity contribution in [1.82, 2.24) is 0 Å². The third-order valence-corrected chi connectivity index (χ3v) is 3.00. The number of amides is 1. The Morgan fingerprint density at radius 2 is 1.95 bits per heavy atom. The summed E-state index contributed by atoms with van der Waals surface area (Å²) in [7, 11) is 0. The SMILES string of the molecule is CCN(C(=O)c1ccc(C#N)cc1)c1cccc(N)c1. The molecule has 20 heavy (non-hydrogen) atoms. The molecule has 0 spiro atoms. The van der Waals surface area contributed by atoms with Crippen LogP contribution in [-0.2, 0) is 0 Å². The van der Waals surface area contributed by atoms with Gasteiger partial charge in [-0.15, -0.1) is 0 Å². The second kappa shape index (κ2) is 5.89. The van der Waals surface area contributed by atoms with Gasteiger partial charge < -0.3 is 10.6 Å². The molecule has 0 unspecified atom stereocenters. The van der Waals surface area contributed by atoms with Crippen LogP contribution >= 0.6 is 0 Å². The van der Waals surface area contributed by atoms with Crippen LogP contribution in [0, 0.1) is 11.3 Å². The summed E-state index contributed by atoms with van der Waals surface area (Å²) in [6.07, 6.45) is 0. The van der Waals surface area contributed by atoms with Gasteiger partial charge in [-0.1, -0.05) is 6.07 Å². The second-order valence-corrected chi connectivity index (χ2v) is 4.33. The molecule has 0 aromatic heterocycles. The zero-order chi connectivity index (χ0) is 14.5. The van der Waals surface area contributed by atoms with Crippen LogP contribution in [0.5, 0.6) is 0 Å². The van der Waals surface area contributed by atoms with E-state index in [1.807, 2.05) is 25.1 Å². The monoisotopic (exact) mass is 265 g/mol. The molecular formula is C16H15N3O.